The molecule has 25 heavy (non-hydrogen) atoms. The van der Waals surface area contributed by atoms with Crippen LogP contribution >= 0.6 is 0 Å². The Labute approximate surface area is 147 Å². The number of rotatable bonds is 4. The molecule has 1 amide bonds. The number of hydrogen-bond acceptors (Lipinski definition) is 4. The van der Waals surface area contributed by atoms with Crippen molar-refractivity contribution in [1.82, 2.24) is 19.4 Å². The third-order valence-electron chi connectivity index (χ3n) is 5.26. The summed E-state index contributed by atoms with van der Waals surface area (Å²) < 4.78 is 7.48. The van der Waals surface area contributed by atoms with E-state index in [1.807, 2.05) is 11.1 Å². The zero-order valence-corrected chi connectivity index (χ0v) is 14.8. The zero-order chi connectivity index (χ0) is 17.4. The van der Waals surface area contributed by atoms with Crippen LogP contribution < -0.4 is 4.74 Å². The van der Waals surface area contributed by atoms with E-state index in [1.54, 1.807) is 25.4 Å². The Kier molecular flexibility index (Phi) is 4.19. The van der Waals surface area contributed by atoms with Crippen LogP contribution in [0.5, 0.6) is 5.88 Å². The van der Waals surface area contributed by atoms with E-state index in [4.69, 9.17) is 4.74 Å². The van der Waals surface area contributed by atoms with E-state index in [0.29, 0.717) is 23.4 Å². The topological polar surface area (TPSA) is 60.2 Å². The van der Waals surface area contributed by atoms with Crippen molar-refractivity contribution in [3.8, 4) is 5.88 Å². The molecule has 6 nitrogen and oxygen atoms in total. The molecule has 0 bridgehead atoms. The lowest BCUT2D eigenvalue weighted by molar-refractivity contribution is 0.0692. The molecule has 2 aromatic rings. The Bertz CT molecular complexity index is 756. The van der Waals surface area contributed by atoms with Crippen LogP contribution in [0, 0.1) is 6.92 Å². The molecule has 0 radical (unpaired) electrons. The standard InChI is InChI=1S/C19H24N4O2/c1-13-11-21-18(14-3-4-14)23(13)16-7-9-22(10-8-16)19(24)15-5-6-17(25-2)20-12-15/h5-6,11-12,14,16H,3-4,7-10H2,1-2H3. The summed E-state index contributed by atoms with van der Waals surface area (Å²) >= 11 is 0. The lowest BCUT2D eigenvalue weighted by atomic mass is 10.0. The number of aryl methyl sites for hydroxylation is 1. The number of carbonyl (C=O) groups excluding carboxylic acids is 1. The quantitative estimate of drug-likeness (QED) is 0.858. The third kappa shape index (κ3) is 3.13. The van der Waals surface area contributed by atoms with Crippen LogP contribution in [-0.2, 0) is 0 Å². The second-order valence-corrected chi connectivity index (χ2v) is 7.01. The van der Waals surface area contributed by atoms with E-state index in [2.05, 4.69) is 21.5 Å². The minimum atomic E-state index is 0.0540. The molecule has 0 N–H and O–H groups in total. The summed E-state index contributed by atoms with van der Waals surface area (Å²) in [5.74, 6) is 2.48. The van der Waals surface area contributed by atoms with Gasteiger partial charge in [-0.15, -0.1) is 0 Å². The van der Waals surface area contributed by atoms with Gasteiger partial charge in [0.25, 0.3) is 5.91 Å². The molecule has 0 unspecified atom stereocenters. The Balaban J connectivity index is 1.42. The highest BCUT2D eigenvalue weighted by Crippen LogP contribution is 2.41. The van der Waals surface area contributed by atoms with Crippen LogP contribution in [0.15, 0.2) is 24.5 Å². The van der Waals surface area contributed by atoms with Crippen LogP contribution in [0.25, 0.3) is 0 Å². The maximum Gasteiger partial charge on any atom is 0.255 e. The van der Waals surface area contributed by atoms with Crippen molar-refractivity contribution in [3.05, 3.63) is 41.6 Å². The molecule has 2 aliphatic rings. The van der Waals surface area contributed by atoms with E-state index in [9.17, 15) is 4.79 Å². The van der Waals surface area contributed by atoms with Gasteiger partial charge in [0.15, 0.2) is 0 Å². The number of methoxy groups -OCH3 is 1. The average molecular weight is 340 g/mol. The molecule has 4 rings (SSSR count). The molecule has 6 heteroatoms. The Hall–Kier alpha value is -2.37. The number of amides is 1. The van der Waals surface area contributed by atoms with Crippen molar-refractivity contribution in [2.75, 3.05) is 20.2 Å². The molecule has 1 aliphatic carbocycles. The van der Waals surface area contributed by atoms with E-state index in [0.717, 1.165) is 25.9 Å². The second kappa shape index (κ2) is 6.50. The number of nitrogens with zero attached hydrogens (tertiary/aromatic N) is 4. The number of hydrogen-bond donors (Lipinski definition) is 0. The summed E-state index contributed by atoms with van der Waals surface area (Å²) in [7, 11) is 1.57. The molecule has 0 aromatic carbocycles. The Morgan fingerprint density at radius 1 is 1.12 bits per heavy atom. The average Bonchev–Trinajstić information content (AvgIpc) is 3.43. The summed E-state index contributed by atoms with van der Waals surface area (Å²) in [5, 5.41) is 0. The third-order valence-corrected chi connectivity index (χ3v) is 5.26. The number of likely N-dealkylation sites (tertiary alicyclic amines) is 1. The van der Waals surface area contributed by atoms with Gasteiger partial charge in [-0.3, -0.25) is 4.79 Å². The largest absolute Gasteiger partial charge is 0.481 e. The molecule has 0 spiro atoms. The van der Waals surface area contributed by atoms with Crippen LogP contribution in [0.3, 0.4) is 0 Å². The molecule has 1 saturated carbocycles. The maximum absolute atomic E-state index is 12.7. The van der Waals surface area contributed by atoms with Gasteiger partial charge in [-0.25, -0.2) is 9.97 Å². The summed E-state index contributed by atoms with van der Waals surface area (Å²) in [4.78, 5) is 23.4. The van der Waals surface area contributed by atoms with Crippen molar-refractivity contribution in [3.63, 3.8) is 0 Å². The number of pyridine rings is 1. The maximum atomic E-state index is 12.7. The molecular formula is C19H24N4O2. The van der Waals surface area contributed by atoms with Gasteiger partial charge in [0.1, 0.15) is 5.82 Å². The summed E-state index contributed by atoms with van der Waals surface area (Å²) in [6, 6.07) is 3.97. The number of imidazole rings is 1. The van der Waals surface area contributed by atoms with Crippen LogP contribution in [0.2, 0.25) is 0 Å². The lowest BCUT2D eigenvalue weighted by Crippen LogP contribution is -2.39. The minimum Gasteiger partial charge on any atom is -0.481 e. The van der Waals surface area contributed by atoms with Gasteiger partial charge in [-0.05, 0) is 38.7 Å². The number of piperidine rings is 1. The zero-order valence-electron chi connectivity index (χ0n) is 14.8. The monoisotopic (exact) mass is 340 g/mol. The normalized spacial score (nSPS) is 18.4. The van der Waals surface area contributed by atoms with E-state index >= 15 is 0 Å². The van der Waals surface area contributed by atoms with E-state index < -0.39 is 0 Å². The first kappa shape index (κ1) is 16.1. The molecular weight excluding hydrogens is 316 g/mol. The van der Waals surface area contributed by atoms with Crippen molar-refractivity contribution >= 4 is 5.91 Å². The molecule has 132 valence electrons. The molecule has 1 aliphatic heterocycles. The first-order chi connectivity index (χ1) is 12.2. The first-order valence-corrected chi connectivity index (χ1v) is 9.00. The lowest BCUT2D eigenvalue weighted by Gasteiger charge is -2.34. The van der Waals surface area contributed by atoms with Crippen molar-refractivity contribution in [2.24, 2.45) is 0 Å². The smallest absolute Gasteiger partial charge is 0.255 e. The fraction of sp³-hybridized carbons (Fsp3) is 0.526. The van der Waals surface area contributed by atoms with Crippen LogP contribution in [0.4, 0.5) is 0 Å². The first-order valence-electron chi connectivity index (χ1n) is 9.00. The highest BCUT2D eigenvalue weighted by Gasteiger charge is 2.32. The van der Waals surface area contributed by atoms with Gasteiger partial charge in [0.2, 0.25) is 5.88 Å². The Morgan fingerprint density at radius 2 is 1.88 bits per heavy atom. The molecule has 2 fully saturated rings. The predicted molar refractivity (Wildman–Crippen MR) is 93.9 cm³/mol. The SMILES string of the molecule is COc1ccc(C(=O)N2CCC(n3c(C)cnc3C3CC3)CC2)cn1. The van der Waals surface area contributed by atoms with Gasteiger partial charge in [0.05, 0.1) is 12.7 Å². The van der Waals surface area contributed by atoms with Gasteiger partial charge >= 0.3 is 0 Å². The van der Waals surface area contributed by atoms with E-state index in [1.165, 1.54) is 24.4 Å². The number of carbonyl (C=O) groups is 1. The van der Waals surface area contributed by atoms with Crippen LogP contribution in [-0.4, -0.2) is 45.5 Å². The Morgan fingerprint density at radius 3 is 2.48 bits per heavy atom. The molecule has 0 atom stereocenters. The van der Waals surface area contributed by atoms with Gasteiger partial charge in [-0.1, -0.05) is 0 Å². The van der Waals surface area contributed by atoms with Crippen molar-refractivity contribution < 1.29 is 9.53 Å². The number of aromatic nitrogens is 3. The molecule has 3 heterocycles. The number of ether oxygens (including phenoxy) is 1. The van der Waals surface area contributed by atoms with Crippen molar-refractivity contribution in [2.45, 2.75) is 44.6 Å². The van der Waals surface area contributed by atoms with E-state index in [-0.39, 0.29) is 5.91 Å². The molecule has 1 saturated heterocycles. The van der Waals surface area contributed by atoms with Crippen molar-refractivity contribution in [1.29, 1.82) is 0 Å². The van der Waals surface area contributed by atoms with Gasteiger partial charge in [0, 0.05) is 49.2 Å². The highest BCUT2D eigenvalue weighted by molar-refractivity contribution is 5.94. The summed E-state index contributed by atoms with van der Waals surface area (Å²) in [6.07, 6.45) is 8.07. The highest BCUT2D eigenvalue weighted by atomic mass is 16.5. The molecule has 2 aromatic heterocycles. The summed E-state index contributed by atoms with van der Waals surface area (Å²) in [6.45, 7) is 3.69. The predicted octanol–water partition coefficient (Wildman–Crippen LogP) is 2.95. The minimum absolute atomic E-state index is 0.0540. The summed E-state index contributed by atoms with van der Waals surface area (Å²) in [5.41, 5.74) is 1.86. The fourth-order valence-corrected chi connectivity index (χ4v) is 3.72. The van der Waals surface area contributed by atoms with Gasteiger partial charge in [-0.2, -0.15) is 0 Å². The van der Waals surface area contributed by atoms with Gasteiger partial charge < -0.3 is 14.2 Å². The van der Waals surface area contributed by atoms with Crippen LogP contribution in [0.1, 0.15) is 59.5 Å². The fourth-order valence-electron chi connectivity index (χ4n) is 3.72. The second-order valence-electron chi connectivity index (χ2n) is 7.01.